The number of thiophene rings is 1. The van der Waals surface area contributed by atoms with Gasteiger partial charge in [-0.2, -0.15) is 0 Å². The van der Waals surface area contributed by atoms with Crippen LogP contribution in [0.4, 0.5) is 5.69 Å². The van der Waals surface area contributed by atoms with Crippen molar-refractivity contribution in [3.8, 4) is 0 Å². The first-order valence-electron chi connectivity index (χ1n) is 8.52. The zero-order chi connectivity index (χ0) is 15.9. The Bertz CT molecular complexity index is 925. The molecule has 3 aliphatic heterocycles. The van der Waals surface area contributed by atoms with Crippen molar-refractivity contribution in [2.45, 2.75) is 12.8 Å². The molecule has 24 heavy (non-hydrogen) atoms. The lowest BCUT2D eigenvalue weighted by Gasteiger charge is -2.39. The van der Waals surface area contributed by atoms with Crippen molar-refractivity contribution in [1.82, 2.24) is 9.88 Å². The number of piperidine rings is 1. The molecular formula is C20H19N3S. The summed E-state index contributed by atoms with van der Waals surface area (Å²) < 4.78 is 0. The van der Waals surface area contributed by atoms with Gasteiger partial charge < -0.3 is 9.88 Å². The summed E-state index contributed by atoms with van der Waals surface area (Å²) in [6, 6.07) is 10.6. The topological polar surface area (TPSA) is 31.4 Å². The van der Waals surface area contributed by atoms with Crippen LogP contribution in [0.25, 0.3) is 16.5 Å². The molecule has 3 aliphatic rings. The van der Waals surface area contributed by atoms with Gasteiger partial charge in [0, 0.05) is 53.0 Å². The molecule has 0 spiro atoms. The minimum atomic E-state index is 0.727. The van der Waals surface area contributed by atoms with Gasteiger partial charge in [-0.3, -0.25) is 4.99 Å². The molecule has 0 radical (unpaired) electrons. The maximum Gasteiger partial charge on any atom is 0.0651 e. The van der Waals surface area contributed by atoms with E-state index in [9.17, 15) is 0 Å². The van der Waals surface area contributed by atoms with Gasteiger partial charge in [0.2, 0.25) is 0 Å². The smallest absolute Gasteiger partial charge is 0.0651 e. The van der Waals surface area contributed by atoms with E-state index in [0.29, 0.717) is 0 Å². The summed E-state index contributed by atoms with van der Waals surface area (Å²) in [5.41, 5.74) is 5.04. The van der Waals surface area contributed by atoms with Crippen LogP contribution in [0.1, 0.15) is 23.3 Å². The molecule has 2 bridgehead atoms. The third-order valence-electron chi connectivity index (χ3n) is 5.15. The molecule has 0 amide bonds. The predicted octanol–water partition coefficient (Wildman–Crippen LogP) is 5.05. The highest BCUT2D eigenvalue weighted by molar-refractivity contribution is 7.11. The van der Waals surface area contributed by atoms with Gasteiger partial charge in [-0.05, 0) is 47.9 Å². The molecule has 6 rings (SSSR count). The van der Waals surface area contributed by atoms with E-state index in [0.717, 1.165) is 11.6 Å². The number of rotatable bonds is 3. The van der Waals surface area contributed by atoms with Crippen LogP contribution in [0.15, 0.2) is 53.1 Å². The number of hydrogen-bond donors (Lipinski definition) is 1. The van der Waals surface area contributed by atoms with E-state index in [4.69, 9.17) is 0 Å². The van der Waals surface area contributed by atoms with E-state index in [1.54, 1.807) is 11.3 Å². The molecular weight excluding hydrogens is 314 g/mol. The number of H-pyrrole nitrogens is 1. The van der Waals surface area contributed by atoms with Gasteiger partial charge in [-0.15, -0.1) is 11.3 Å². The first kappa shape index (κ1) is 14.1. The van der Waals surface area contributed by atoms with Crippen LogP contribution >= 0.6 is 11.3 Å². The van der Waals surface area contributed by atoms with E-state index in [2.05, 4.69) is 56.9 Å². The van der Waals surface area contributed by atoms with Gasteiger partial charge in [-0.25, -0.2) is 0 Å². The van der Waals surface area contributed by atoms with Crippen molar-refractivity contribution in [2.24, 2.45) is 10.9 Å². The monoisotopic (exact) mass is 333 g/mol. The lowest BCUT2D eigenvalue weighted by Crippen LogP contribution is -2.35. The van der Waals surface area contributed by atoms with Gasteiger partial charge in [0.15, 0.2) is 0 Å². The van der Waals surface area contributed by atoms with Crippen LogP contribution in [-0.4, -0.2) is 29.2 Å². The summed E-state index contributed by atoms with van der Waals surface area (Å²) in [6.07, 6.45) is 9.07. The summed E-state index contributed by atoms with van der Waals surface area (Å²) in [5.74, 6) is 0.727. The van der Waals surface area contributed by atoms with Gasteiger partial charge in [0.1, 0.15) is 0 Å². The van der Waals surface area contributed by atoms with Gasteiger partial charge in [0.25, 0.3) is 0 Å². The Hall–Kier alpha value is -2.33. The Morgan fingerprint density at radius 1 is 1.21 bits per heavy atom. The molecule has 120 valence electrons. The lowest BCUT2D eigenvalue weighted by atomic mass is 9.82. The average molecular weight is 333 g/mol. The van der Waals surface area contributed by atoms with Crippen molar-refractivity contribution < 1.29 is 0 Å². The zero-order valence-corrected chi connectivity index (χ0v) is 14.2. The van der Waals surface area contributed by atoms with E-state index in [1.165, 1.54) is 52.8 Å². The first-order chi connectivity index (χ1) is 11.9. The fourth-order valence-electron chi connectivity index (χ4n) is 3.87. The van der Waals surface area contributed by atoms with Crippen LogP contribution < -0.4 is 0 Å². The van der Waals surface area contributed by atoms with Crippen LogP contribution in [0.2, 0.25) is 0 Å². The van der Waals surface area contributed by atoms with Gasteiger partial charge in [-0.1, -0.05) is 12.1 Å². The molecule has 1 fully saturated rings. The van der Waals surface area contributed by atoms with Crippen LogP contribution in [0.5, 0.6) is 0 Å². The Labute approximate surface area is 145 Å². The Morgan fingerprint density at radius 3 is 2.88 bits per heavy atom. The highest BCUT2D eigenvalue weighted by Crippen LogP contribution is 2.40. The van der Waals surface area contributed by atoms with Gasteiger partial charge >= 0.3 is 0 Å². The SMILES string of the molecule is C(=Nc1ccc2c(C3=CN4CCC3CC4)c[nH]c2c1)c1cccs1. The summed E-state index contributed by atoms with van der Waals surface area (Å²) in [6.45, 7) is 2.44. The van der Waals surface area contributed by atoms with Crippen LogP contribution in [0, 0.1) is 5.92 Å². The standard InChI is InChI=1S/C20H19N3S/c1-2-16(24-9-1)11-21-15-3-4-17-18(12-22-20(17)10-15)19-13-23-7-5-14(19)6-8-23/h1-4,9-14,22H,5-8H2. The number of allylic oxidation sites excluding steroid dienone is 1. The maximum atomic E-state index is 4.60. The molecule has 4 heteroatoms. The van der Waals surface area contributed by atoms with E-state index >= 15 is 0 Å². The average Bonchev–Trinajstić information content (AvgIpc) is 3.30. The molecule has 1 N–H and O–H groups in total. The summed E-state index contributed by atoms with van der Waals surface area (Å²) in [5, 5.41) is 3.38. The normalized spacial score (nSPS) is 18.0. The molecule has 1 saturated heterocycles. The zero-order valence-electron chi connectivity index (χ0n) is 13.4. The summed E-state index contributed by atoms with van der Waals surface area (Å²) >= 11 is 1.71. The molecule has 5 heterocycles. The van der Waals surface area contributed by atoms with Crippen LogP contribution in [-0.2, 0) is 0 Å². The maximum absolute atomic E-state index is 4.60. The fraction of sp³-hybridized carbons (Fsp3) is 0.250. The number of aliphatic imine (C=N–C) groups is 1. The third kappa shape index (κ3) is 2.38. The van der Waals surface area contributed by atoms with Crippen molar-refractivity contribution in [1.29, 1.82) is 0 Å². The third-order valence-corrected chi connectivity index (χ3v) is 5.96. The number of aromatic amines is 1. The lowest BCUT2D eigenvalue weighted by molar-refractivity contribution is 0.252. The molecule has 0 aliphatic carbocycles. The highest BCUT2D eigenvalue weighted by Gasteiger charge is 2.28. The highest BCUT2D eigenvalue weighted by atomic mass is 32.1. The Kier molecular flexibility index (Phi) is 3.30. The Morgan fingerprint density at radius 2 is 2.12 bits per heavy atom. The van der Waals surface area contributed by atoms with E-state index in [-0.39, 0.29) is 0 Å². The number of nitrogens with one attached hydrogen (secondary N) is 1. The van der Waals surface area contributed by atoms with Crippen LogP contribution in [0.3, 0.4) is 0 Å². The second kappa shape index (κ2) is 5.64. The second-order valence-electron chi connectivity index (χ2n) is 6.60. The number of aromatic nitrogens is 1. The molecule has 0 saturated carbocycles. The fourth-order valence-corrected chi connectivity index (χ4v) is 4.45. The summed E-state index contributed by atoms with van der Waals surface area (Å²) in [7, 11) is 0. The molecule has 0 unspecified atom stereocenters. The minimum Gasteiger partial charge on any atom is -0.377 e. The second-order valence-corrected chi connectivity index (χ2v) is 7.58. The van der Waals surface area contributed by atoms with Gasteiger partial charge in [0.05, 0.1) is 5.69 Å². The number of fused-ring (bicyclic) bond motifs is 3. The van der Waals surface area contributed by atoms with Crippen molar-refractivity contribution >= 4 is 39.7 Å². The minimum absolute atomic E-state index is 0.727. The quantitative estimate of drug-likeness (QED) is 0.668. The Balaban J connectivity index is 1.50. The van der Waals surface area contributed by atoms with Crippen molar-refractivity contribution in [2.75, 3.05) is 13.1 Å². The molecule has 2 aromatic heterocycles. The van der Waals surface area contributed by atoms with E-state index < -0.39 is 0 Å². The molecule has 1 aromatic carbocycles. The molecule has 0 atom stereocenters. The van der Waals surface area contributed by atoms with Crippen molar-refractivity contribution in [3.63, 3.8) is 0 Å². The number of nitrogens with zero attached hydrogens (tertiary/aromatic N) is 2. The summed E-state index contributed by atoms with van der Waals surface area (Å²) in [4.78, 5) is 11.7. The number of hydrogen-bond acceptors (Lipinski definition) is 3. The van der Waals surface area contributed by atoms with Crippen molar-refractivity contribution in [3.05, 3.63) is 58.5 Å². The molecule has 3 aromatic rings. The van der Waals surface area contributed by atoms with E-state index in [1.807, 2.05) is 12.3 Å². The predicted molar refractivity (Wildman–Crippen MR) is 102 cm³/mol. The first-order valence-corrected chi connectivity index (χ1v) is 9.40. The molecule has 3 nitrogen and oxygen atoms in total. The largest absolute Gasteiger partial charge is 0.377 e. The number of benzene rings is 1.